The van der Waals surface area contributed by atoms with E-state index >= 15 is 0 Å². The molecule has 1 unspecified atom stereocenters. The summed E-state index contributed by atoms with van der Waals surface area (Å²) in [6.45, 7) is 5.52. The molecular formula is C31H49N5O6. The van der Waals surface area contributed by atoms with Crippen molar-refractivity contribution in [3.63, 3.8) is 0 Å². The van der Waals surface area contributed by atoms with Gasteiger partial charge in [0, 0.05) is 5.92 Å². The molecule has 0 aromatic heterocycles. The van der Waals surface area contributed by atoms with Gasteiger partial charge in [-0.3, -0.25) is 19.2 Å². The van der Waals surface area contributed by atoms with Crippen molar-refractivity contribution in [3.8, 4) is 5.75 Å². The Balaban J connectivity index is 1.52. The number of rotatable bonds is 16. The molecule has 2 fully saturated rings. The van der Waals surface area contributed by atoms with Crippen molar-refractivity contribution in [2.45, 2.75) is 76.8 Å². The molecule has 0 saturated carbocycles. The van der Waals surface area contributed by atoms with E-state index in [9.17, 15) is 24.3 Å². The molecule has 1 aromatic rings. The number of methoxy groups -OCH3 is 1. The third-order valence-electron chi connectivity index (χ3n) is 8.56. The van der Waals surface area contributed by atoms with Gasteiger partial charge >= 0.3 is 5.97 Å². The first-order valence-corrected chi connectivity index (χ1v) is 15.4. The largest absolute Gasteiger partial charge is 0.497 e. The smallest absolute Gasteiger partial charge is 0.305 e. The summed E-state index contributed by atoms with van der Waals surface area (Å²) in [6, 6.07) is 5.44. The summed E-state index contributed by atoms with van der Waals surface area (Å²) >= 11 is 0. The predicted molar refractivity (Wildman–Crippen MR) is 160 cm³/mol. The Labute approximate surface area is 249 Å². The summed E-state index contributed by atoms with van der Waals surface area (Å²) in [7, 11) is 1.56. The number of benzene rings is 1. The molecule has 2 aliphatic heterocycles. The summed E-state index contributed by atoms with van der Waals surface area (Å²) < 4.78 is 5.16. The molecule has 234 valence electrons. The highest BCUT2D eigenvalue weighted by Crippen LogP contribution is 2.27. The second kappa shape index (κ2) is 17.7. The second-order valence-electron chi connectivity index (χ2n) is 11.7. The Morgan fingerprint density at radius 3 is 1.93 bits per heavy atom. The fourth-order valence-corrected chi connectivity index (χ4v) is 5.85. The number of carbonyl (C=O) groups excluding carboxylic acids is 3. The van der Waals surface area contributed by atoms with Gasteiger partial charge in [0.2, 0.25) is 17.7 Å². The number of carbonyl (C=O) groups is 4. The average molecular weight is 588 g/mol. The number of carboxylic acid groups (broad SMARTS) is 1. The zero-order valence-electron chi connectivity index (χ0n) is 25.1. The molecule has 0 spiro atoms. The molecule has 42 heavy (non-hydrogen) atoms. The fraction of sp³-hybridized carbons (Fsp3) is 0.677. The quantitative estimate of drug-likeness (QED) is 0.172. The van der Waals surface area contributed by atoms with E-state index in [1.807, 2.05) is 0 Å². The molecule has 3 rings (SSSR count). The number of amides is 3. The van der Waals surface area contributed by atoms with Crippen molar-refractivity contribution in [1.29, 1.82) is 0 Å². The maximum absolute atomic E-state index is 13.2. The maximum Gasteiger partial charge on any atom is 0.305 e. The van der Waals surface area contributed by atoms with Crippen LogP contribution in [0.5, 0.6) is 5.75 Å². The predicted octanol–water partition coefficient (Wildman–Crippen LogP) is 2.12. The molecular weight excluding hydrogens is 538 g/mol. The number of hydrogen-bond acceptors (Lipinski definition) is 7. The second-order valence-corrected chi connectivity index (χ2v) is 11.7. The molecule has 3 amide bonds. The summed E-state index contributed by atoms with van der Waals surface area (Å²) in [4.78, 5) is 50.4. The third kappa shape index (κ3) is 11.6. The van der Waals surface area contributed by atoms with Crippen LogP contribution < -0.4 is 31.3 Å². The molecule has 0 radical (unpaired) electrons. The third-order valence-corrected chi connectivity index (χ3v) is 8.56. The summed E-state index contributed by atoms with van der Waals surface area (Å²) in [5, 5.41) is 24.2. The van der Waals surface area contributed by atoms with Gasteiger partial charge in [-0.25, -0.2) is 0 Å². The summed E-state index contributed by atoms with van der Waals surface area (Å²) in [6.07, 6.45) is 7.47. The van der Waals surface area contributed by atoms with Crippen LogP contribution in [0, 0.1) is 17.8 Å². The topological polar surface area (TPSA) is 158 Å². The van der Waals surface area contributed by atoms with Crippen molar-refractivity contribution in [2.24, 2.45) is 17.8 Å². The van der Waals surface area contributed by atoms with Gasteiger partial charge in [0.25, 0.3) is 0 Å². The van der Waals surface area contributed by atoms with E-state index in [0.29, 0.717) is 17.6 Å². The van der Waals surface area contributed by atoms with E-state index in [4.69, 9.17) is 4.74 Å². The van der Waals surface area contributed by atoms with Gasteiger partial charge in [-0.05, 0) is 114 Å². The van der Waals surface area contributed by atoms with Crippen LogP contribution in [0.15, 0.2) is 24.3 Å². The van der Waals surface area contributed by atoms with Crippen molar-refractivity contribution >= 4 is 23.7 Å². The molecule has 11 nitrogen and oxygen atoms in total. The van der Waals surface area contributed by atoms with Crippen LogP contribution in [-0.2, 0) is 19.2 Å². The van der Waals surface area contributed by atoms with E-state index in [2.05, 4.69) is 26.6 Å². The standard InChI is InChI=1S/C31H49N5O6/c1-21(24-7-9-26(42-2)10-8-24)35-31(41)27(19-29(38)39)36-28(37)20-34-30(40)25(5-3-22-11-15-32-16-12-22)6-4-23-13-17-33-18-14-23/h7-10,21-23,25,27,32-33H,3-6,11-20H2,1-2H3,(H,34,40)(H,35,41)(H,36,37)(H,38,39)/t21?,27-/m0/s1. The van der Waals surface area contributed by atoms with Crippen LogP contribution >= 0.6 is 0 Å². The Morgan fingerprint density at radius 2 is 1.43 bits per heavy atom. The van der Waals surface area contributed by atoms with E-state index in [0.717, 1.165) is 83.1 Å². The Bertz CT molecular complexity index is 986. The zero-order valence-corrected chi connectivity index (χ0v) is 25.1. The Kier molecular flexibility index (Phi) is 14.0. The Hall–Kier alpha value is -3.18. The molecule has 2 aliphatic rings. The lowest BCUT2D eigenvalue weighted by molar-refractivity contribution is -0.141. The highest BCUT2D eigenvalue weighted by atomic mass is 16.5. The number of aliphatic carboxylic acids is 1. The van der Waals surface area contributed by atoms with Gasteiger partial charge < -0.3 is 36.4 Å². The number of piperidine rings is 2. The van der Waals surface area contributed by atoms with E-state index in [1.54, 1.807) is 38.3 Å². The number of carboxylic acids is 1. The first-order valence-electron chi connectivity index (χ1n) is 15.4. The van der Waals surface area contributed by atoms with Gasteiger partial charge in [0.1, 0.15) is 11.8 Å². The van der Waals surface area contributed by atoms with Gasteiger partial charge in [0.15, 0.2) is 0 Å². The number of ether oxygens (including phenoxy) is 1. The normalized spacial score (nSPS) is 17.7. The van der Waals surface area contributed by atoms with Gasteiger partial charge in [-0.1, -0.05) is 12.1 Å². The maximum atomic E-state index is 13.2. The van der Waals surface area contributed by atoms with Crippen LogP contribution in [0.2, 0.25) is 0 Å². The first kappa shape index (κ1) is 33.3. The minimum absolute atomic E-state index is 0.152. The Morgan fingerprint density at radius 1 is 0.881 bits per heavy atom. The molecule has 2 atom stereocenters. The van der Waals surface area contributed by atoms with Gasteiger partial charge in [-0.15, -0.1) is 0 Å². The molecule has 0 aliphatic carbocycles. The zero-order chi connectivity index (χ0) is 30.3. The van der Waals surface area contributed by atoms with E-state index < -0.39 is 36.3 Å². The van der Waals surface area contributed by atoms with E-state index in [-0.39, 0.29) is 18.4 Å². The highest BCUT2D eigenvalue weighted by molar-refractivity contribution is 5.92. The van der Waals surface area contributed by atoms with Crippen LogP contribution in [-0.4, -0.2) is 74.7 Å². The molecule has 1 aromatic carbocycles. The van der Waals surface area contributed by atoms with Crippen molar-refractivity contribution < 1.29 is 29.0 Å². The van der Waals surface area contributed by atoms with Crippen LogP contribution in [0.3, 0.4) is 0 Å². The number of hydrogen-bond donors (Lipinski definition) is 6. The highest BCUT2D eigenvalue weighted by Gasteiger charge is 2.27. The molecule has 11 heteroatoms. The monoisotopic (exact) mass is 587 g/mol. The van der Waals surface area contributed by atoms with Gasteiger partial charge in [0.05, 0.1) is 26.1 Å². The SMILES string of the molecule is COc1ccc(C(C)NC(=O)[C@H](CC(=O)O)NC(=O)CNC(=O)C(CCC2CCNCC2)CCC2CCNCC2)cc1. The lowest BCUT2D eigenvalue weighted by atomic mass is 9.84. The lowest BCUT2D eigenvalue weighted by Crippen LogP contribution is -2.51. The van der Waals surface area contributed by atoms with Crippen LogP contribution in [0.1, 0.15) is 76.3 Å². The number of nitrogens with one attached hydrogen (secondary N) is 5. The molecule has 2 heterocycles. The fourth-order valence-electron chi connectivity index (χ4n) is 5.85. The van der Waals surface area contributed by atoms with Crippen molar-refractivity contribution in [2.75, 3.05) is 39.8 Å². The minimum Gasteiger partial charge on any atom is -0.497 e. The first-order chi connectivity index (χ1) is 20.2. The van der Waals surface area contributed by atoms with Gasteiger partial charge in [-0.2, -0.15) is 0 Å². The lowest BCUT2D eigenvalue weighted by Gasteiger charge is -2.27. The molecule has 6 N–H and O–H groups in total. The average Bonchev–Trinajstić information content (AvgIpc) is 3.00. The molecule has 0 bridgehead atoms. The van der Waals surface area contributed by atoms with E-state index in [1.165, 1.54) is 0 Å². The van der Waals surface area contributed by atoms with Crippen molar-refractivity contribution in [1.82, 2.24) is 26.6 Å². The van der Waals surface area contributed by atoms with Crippen LogP contribution in [0.25, 0.3) is 0 Å². The van der Waals surface area contributed by atoms with Crippen molar-refractivity contribution in [3.05, 3.63) is 29.8 Å². The molecule has 2 saturated heterocycles. The summed E-state index contributed by atoms with van der Waals surface area (Å²) in [5.74, 6) is -0.854. The van der Waals surface area contributed by atoms with Crippen LogP contribution in [0.4, 0.5) is 0 Å². The summed E-state index contributed by atoms with van der Waals surface area (Å²) in [5.41, 5.74) is 0.803. The minimum atomic E-state index is -1.27.